The van der Waals surface area contributed by atoms with E-state index in [-0.39, 0.29) is 16.5 Å². The number of halogens is 4. The van der Waals surface area contributed by atoms with E-state index in [4.69, 9.17) is 16.3 Å². The van der Waals surface area contributed by atoms with Crippen LogP contribution in [0.1, 0.15) is 0 Å². The molecule has 1 amide bonds. The summed E-state index contributed by atoms with van der Waals surface area (Å²) >= 11 is 5.78. The average Bonchev–Trinajstić information content (AvgIpc) is 3.11. The molecule has 0 bridgehead atoms. The van der Waals surface area contributed by atoms with Crippen LogP contribution >= 0.6 is 11.6 Å². The first-order valence-corrected chi connectivity index (χ1v) is 9.87. The molecule has 31 heavy (non-hydrogen) atoms. The fourth-order valence-electron chi connectivity index (χ4n) is 2.59. The number of carbonyl (C=O) groups is 1. The van der Waals surface area contributed by atoms with Crippen molar-refractivity contribution in [3.8, 4) is 5.75 Å². The Morgan fingerprint density at radius 2 is 2.10 bits per heavy atom. The Hall–Kier alpha value is -3.17. The first kappa shape index (κ1) is 22.5. The largest absolute Gasteiger partial charge is 0.497 e. The van der Waals surface area contributed by atoms with E-state index in [9.17, 15) is 36.5 Å². The first-order chi connectivity index (χ1) is 14.3. The molecule has 2 heterocycles. The quantitative estimate of drug-likeness (QED) is 0.292. The number of hydrogen-bond acceptors (Lipinski definition) is 9. The second-order valence-electron chi connectivity index (χ2n) is 6.00. The number of nitrogens with one attached hydrogen (secondary N) is 1. The van der Waals surface area contributed by atoms with E-state index in [1.165, 1.54) is 7.11 Å². The van der Waals surface area contributed by atoms with Crippen LogP contribution in [0.3, 0.4) is 0 Å². The zero-order chi connectivity index (χ0) is 23.1. The molecule has 0 spiro atoms. The highest BCUT2D eigenvalue weighted by Crippen LogP contribution is 2.31. The molecule has 1 aromatic carbocycles. The third kappa shape index (κ3) is 4.47. The van der Waals surface area contributed by atoms with Gasteiger partial charge in [0.1, 0.15) is 10.8 Å². The van der Waals surface area contributed by atoms with E-state index in [0.29, 0.717) is 6.20 Å². The highest BCUT2D eigenvalue weighted by atomic mass is 35.5. The van der Waals surface area contributed by atoms with Crippen molar-refractivity contribution in [3.63, 3.8) is 0 Å². The van der Waals surface area contributed by atoms with Gasteiger partial charge in [-0.3, -0.25) is 14.9 Å². The monoisotopic (exact) mass is 481 g/mol. The standard InChI is InChI=1S/C15H11ClF3N5O6S/c1-30-8-2-3-11(24(26)27)12(4-8)31(28,29)21-14(25)10-6-22-7-23(15(17,18)19)5-9(16)13(22)20-10/h2-6H,7H2,1H3,(H,21,25)/q+1. The van der Waals surface area contributed by atoms with E-state index in [1.54, 1.807) is 4.72 Å². The van der Waals surface area contributed by atoms with Crippen LogP contribution in [-0.4, -0.2) is 50.1 Å². The van der Waals surface area contributed by atoms with Gasteiger partial charge in [0.25, 0.3) is 21.6 Å². The third-order valence-electron chi connectivity index (χ3n) is 4.00. The summed E-state index contributed by atoms with van der Waals surface area (Å²) in [5, 5.41) is 10.7. The van der Waals surface area contributed by atoms with E-state index < -0.39 is 55.1 Å². The van der Waals surface area contributed by atoms with Gasteiger partial charge < -0.3 is 4.74 Å². The molecular formula is C15H11ClF3N5O6S+. The molecule has 1 aromatic rings. The number of alkyl halides is 3. The number of nitro groups is 1. The van der Waals surface area contributed by atoms with Crippen LogP contribution in [0.4, 0.5) is 18.9 Å². The molecule has 1 N–H and O–H groups in total. The van der Waals surface area contributed by atoms with Crippen molar-refractivity contribution in [2.45, 2.75) is 11.2 Å². The van der Waals surface area contributed by atoms with Gasteiger partial charge in [0.15, 0.2) is 16.8 Å². The molecule has 0 fully saturated rings. The number of nitro benzene ring substituents is 1. The van der Waals surface area contributed by atoms with Crippen molar-refractivity contribution >= 4 is 39.1 Å². The van der Waals surface area contributed by atoms with Crippen molar-refractivity contribution in [2.75, 3.05) is 13.8 Å². The maximum absolute atomic E-state index is 12.9. The number of aliphatic imine (C=N–C) groups is 1. The van der Waals surface area contributed by atoms with Gasteiger partial charge in [0.2, 0.25) is 6.67 Å². The van der Waals surface area contributed by atoms with Gasteiger partial charge in [-0.15, -0.1) is 13.2 Å². The summed E-state index contributed by atoms with van der Waals surface area (Å²) in [4.78, 5) is 26.3. The molecule has 0 aliphatic carbocycles. The number of nitrogens with zero attached hydrogens (tertiary/aromatic N) is 4. The second kappa shape index (κ2) is 7.82. The van der Waals surface area contributed by atoms with Crippen LogP contribution in [-0.2, 0) is 14.8 Å². The molecule has 3 rings (SSSR count). The van der Waals surface area contributed by atoms with E-state index in [0.717, 1.165) is 29.3 Å². The smallest absolute Gasteiger partial charge is 0.488 e. The van der Waals surface area contributed by atoms with Crippen LogP contribution in [0.5, 0.6) is 5.75 Å². The number of fused-ring (bicyclic) bond motifs is 1. The number of ether oxygens (including phenoxy) is 1. The zero-order valence-electron chi connectivity index (χ0n) is 15.3. The zero-order valence-corrected chi connectivity index (χ0v) is 16.8. The Bertz CT molecular complexity index is 1160. The summed E-state index contributed by atoms with van der Waals surface area (Å²) in [6, 6.07) is 2.87. The number of hydrogen-bond donors (Lipinski definition) is 1. The van der Waals surface area contributed by atoms with Crippen LogP contribution in [0, 0.1) is 10.1 Å². The van der Waals surface area contributed by atoms with Gasteiger partial charge in [-0.05, 0) is 6.07 Å². The predicted octanol–water partition coefficient (Wildman–Crippen LogP) is 1.67. The summed E-state index contributed by atoms with van der Waals surface area (Å²) in [5.74, 6) is -1.56. The van der Waals surface area contributed by atoms with Gasteiger partial charge in [-0.25, -0.2) is 18.0 Å². The van der Waals surface area contributed by atoms with Gasteiger partial charge in [0.05, 0.1) is 12.0 Å². The fraction of sp³-hybridized carbons (Fsp3) is 0.200. The Labute approximate surface area is 177 Å². The number of rotatable bonds is 5. The lowest BCUT2D eigenvalue weighted by atomic mass is 10.3. The van der Waals surface area contributed by atoms with Crippen LogP contribution in [0.15, 0.2) is 51.2 Å². The van der Waals surface area contributed by atoms with Gasteiger partial charge >= 0.3 is 12.1 Å². The van der Waals surface area contributed by atoms with Crippen LogP contribution < -0.4 is 14.4 Å². The second-order valence-corrected chi connectivity index (χ2v) is 8.06. The molecule has 0 unspecified atom stereocenters. The number of methoxy groups -OCH3 is 1. The summed E-state index contributed by atoms with van der Waals surface area (Å²) in [6.45, 7) is -0.774. The Balaban J connectivity index is 1.88. The molecule has 0 saturated heterocycles. The Morgan fingerprint density at radius 3 is 2.68 bits per heavy atom. The van der Waals surface area contributed by atoms with Crippen molar-refractivity contribution in [1.82, 2.24) is 14.5 Å². The van der Waals surface area contributed by atoms with Gasteiger partial charge in [-0.2, -0.15) is 4.99 Å². The van der Waals surface area contributed by atoms with Crippen LogP contribution in [0.2, 0.25) is 0 Å². The topological polar surface area (TPSA) is 137 Å². The van der Waals surface area contributed by atoms with Crippen LogP contribution in [0.25, 0.3) is 0 Å². The molecule has 2 aliphatic rings. The Kier molecular flexibility index (Phi) is 5.68. The molecule has 165 valence electrons. The molecule has 1 radical (unpaired) electrons. The fourth-order valence-corrected chi connectivity index (χ4v) is 4.01. The molecule has 0 atom stereocenters. The number of sulfonamides is 1. The maximum Gasteiger partial charge on any atom is 0.488 e. The van der Waals surface area contributed by atoms with Crippen molar-refractivity contribution in [3.05, 3.63) is 51.4 Å². The summed E-state index contributed by atoms with van der Waals surface area (Å²) < 4.78 is 70.3. The molecular weight excluding hydrogens is 471 g/mol. The number of amidine groups is 1. The summed E-state index contributed by atoms with van der Waals surface area (Å²) in [5.41, 5.74) is -1.39. The maximum atomic E-state index is 12.9. The highest BCUT2D eigenvalue weighted by Gasteiger charge is 2.47. The summed E-state index contributed by atoms with van der Waals surface area (Å²) in [6.07, 6.45) is -3.31. The van der Waals surface area contributed by atoms with Crippen molar-refractivity contribution < 1.29 is 36.0 Å². The molecule has 16 heteroatoms. The number of benzene rings is 1. The summed E-state index contributed by atoms with van der Waals surface area (Å²) in [7, 11) is -3.57. The number of amides is 1. The molecule has 0 saturated carbocycles. The van der Waals surface area contributed by atoms with Crippen molar-refractivity contribution in [2.24, 2.45) is 4.99 Å². The molecule has 2 aliphatic heterocycles. The van der Waals surface area contributed by atoms with E-state index in [1.807, 2.05) is 0 Å². The minimum Gasteiger partial charge on any atom is -0.497 e. The lowest BCUT2D eigenvalue weighted by Gasteiger charge is -2.25. The normalized spacial score (nSPS) is 16.8. The van der Waals surface area contributed by atoms with Gasteiger partial charge in [0, 0.05) is 18.3 Å². The van der Waals surface area contributed by atoms with E-state index in [2.05, 4.69) is 4.99 Å². The van der Waals surface area contributed by atoms with Crippen molar-refractivity contribution in [1.29, 1.82) is 0 Å². The highest BCUT2D eigenvalue weighted by molar-refractivity contribution is 7.90. The minimum absolute atomic E-state index is 0.0277. The van der Waals surface area contributed by atoms with E-state index >= 15 is 0 Å². The lowest BCUT2D eigenvalue weighted by molar-refractivity contribution is -0.387. The molecule has 11 nitrogen and oxygen atoms in total. The SMILES string of the molecule is COc1ccc([N+](=O)[O-])c(S(=O)(=O)NC(=O)C2=C[N+]3CN(C(F)(F)F)C=C(Cl)C3=N2)c1. The Morgan fingerprint density at radius 1 is 1.42 bits per heavy atom. The third-order valence-corrected chi connectivity index (χ3v) is 5.63. The van der Waals surface area contributed by atoms with Gasteiger partial charge in [-0.1, -0.05) is 16.5 Å². The lowest BCUT2D eigenvalue weighted by Crippen LogP contribution is -2.48. The number of carbonyl (C=O) groups excluding carboxylic acids is 1. The molecule has 0 aromatic heterocycles. The first-order valence-electron chi connectivity index (χ1n) is 8.01. The predicted molar refractivity (Wildman–Crippen MR) is 99.3 cm³/mol. The average molecular weight is 482 g/mol. The minimum atomic E-state index is -4.77.